The molecular weight excluding hydrogens is 392 g/mol. The number of furan rings is 1. The third-order valence-corrected chi connectivity index (χ3v) is 7.11. The molecule has 0 aliphatic carbocycles. The van der Waals surface area contributed by atoms with E-state index in [4.69, 9.17) is 4.42 Å². The van der Waals surface area contributed by atoms with E-state index in [1.807, 2.05) is 24.3 Å². The van der Waals surface area contributed by atoms with Gasteiger partial charge in [0.2, 0.25) is 5.91 Å². The van der Waals surface area contributed by atoms with Gasteiger partial charge in [0.05, 0.1) is 29.9 Å². The maximum absolute atomic E-state index is 13.4. The predicted octanol–water partition coefficient (Wildman–Crippen LogP) is 2.16. The highest BCUT2D eigenvalue weighted by Crippen LogP contribution is 2.34. The summed E-state index contributed by atoms with van der Waals surface area (Å²) in [4.78, 5) is 12.4. The van der Waals surface area contributed by atoms with Crippen molar-refractivity contribution in [2.45, 2.75) is 38.3 Å². The number of para-hydroxylation sites is 1. The molecule has 0 radical (unpaired) electrons. The second kappa shape index (κ2) is 7.40. The first-order valence-corrected chi connectivity index (χ1v) is 10.8. The second-order valence-electron chi connectivity index (χ2n) is 6.97. The summed E-state index contributed by atoms with van der Waals surface area (Å²) in [7, 11) is -3.77. The van der Waals surface area contributed by atoms with E-state index in [0.29, 0.717) is 35.8 Å². The Bertz CT molecular complexity index is 1150. The van der Waals surface area contributed by atoms with Crippen LogP contribution in [0.25, 0.3) is 0 Å². The number of fused-ring (bicyclic) bond motifs is 1. The predicted molar refractivity (Wildman–Crippen MR) is 107 cm³/mol. The molecule has 1 aliphatic heterocycles. The summed E-state index contributed by atoms with van der Waals surface area (Å²) in [6.07, 6.45) is 2.22. The lowest BCUT2D eigenvalue weighted by Crippen LogP contribution is -2.30. The van der Waals surface area contributed by atoms with Crippen molar-refractivity contribution in [1.29, 1.82) is 0 Å². The molecule has 3 heterocycles. The monoisotopic (exact) mass is 414 g/mol. The lowest BCUT2D eigenvalue weighted by molar-refractivity contribution is -0.122. The van der Waals surface area contributed by atoms with Crippen LogP contribution in [0.15, 0.2) is 52.0 Å². The number of aromatic nitrogens is 2. The molecule has 0 saturated heterocycles. The van der Waals surface area contributed by atoms with E-state index in [2.05, 4.69) is 10.4 Å². The molecule has 1 amide bonds. The summed E-state index contributed by atoms with van der Waals surface area (Å²) in [5.74, 6) is 0.366. The van der Waals surface area contributed by atoms with Crippen LogP contribution in [0.5, 0.6) is 0 Å². The van der Waals surface area contributed by atoms with Crippen molar-refractivity contribution in [1.82, 2.24) is 15.1 Å². The van der Waals surface area contributed by atoms with E-state index in [1.54, 1.807) is 26.0 Å². The number of benzene rings is 1. The van der Waals surface area contributed by atoms with Crippen molar-refractivity contribution >= 4 is 21.6 Å². The zero-order chi connectivity index (χ0) is 20.6. The van der Waals surface area contributed by atoms with Crippen LogP contribution in [0.4, 0.5) is 5.69 Å². The van der Waals surface area contributed by atoms with Crippen LogP contribution < -0.4 is 9.62 Å². The fraction of sp³-hybridized carbons (Fsp3) is 0.300. The molecule has 0 atom stereocenters. The molecular formula is C20H22N4O4S. The molecule has 2 aromatic heterocycles. The largest absolute Gasteiger partial charge is 0.467 e. The van der Waals surface area contributed by atoms with Crippen molar-refractivity contribution in [3.05, 3.63) is 65.4 Å². The zero-order valence-corrected chi connectivity index (χ0v) is 17.1. The summed E-state index contributed by atoms with van der Waals surface area (Å²) in [6, 6.07) is 11.0. The quantitative estimate of drug-likeness (QED) is 0.667. The number of carbonyl (C=O) groups excluding carboxylic acids is 1. The van der Waals surface area contributed by atoms with Crippen molar-refractivity contribution in [2.75, 3.05) is 10.8 Å². The van der Waals surface area contributed by atoms with Gasteiger partial charge in [0.15, 0.2) is 0 Å². The van der Waals surface area contributed by atoms with Crippen molar-refractivity contribution in [2.24, 2.45) is 0 Å². The van der Waals surface area contributed by atoms with Crippen LogP contribution in [0.3, 0.4) is 0 Å². The fourth-order valence-corrected chi connectivity index (χ4v) is 5.55. The van der Waals surface area contributed by atoms with Crippen LogP contribution in [0, 0.1) is 13.8 Å². The molecule has 9 heteroatoms. The molecule has 1 N–H and O–H groups in total. The molecule has 152 valence electrons. The minimum atomic E-state index is -3.77. The summed E-state index contributed by atoms with van der Waals surface area (Å²) in [5, 5.41) is 7.06. The van der Waals surface area contributed by atoms with Gasteiger partial charge in [-0.25, -0.2) is 8.42 Å². The van der Waals surface area contributed by atoms with Crippen LogP contribution >= 0.6 is 0 Å². The van der Waals surface area contributed by atoms with Crippen molar-refractivity contribution in [3.63, 3.8) is 0 Å². The van der Waals surface area contributed by atoms with E-state index < -0.39 is 10.0 Å². The summed E-state index contributed by atoms with van der Waals surface area (Å²) < 4.78 is 34.8. The van der Waals surface area contributed by atoms with Gasteiger partial charge in [0, 0.05) is 6.54 Å². The van der Waals surface area contributed by atoms with Gasteiger partial charge >= 0.3 is 0 Å². The van der Waals surface area contributed by atoms with Crippen molar-refractivity contribution < 1.29 is 17.6 Å². The third kappa shape index (κ3) is 3.53. The van der Waals surface area contributed by atoms with E-state index in [-0.39, 0.29) is 23.9 Å². The minimum Gasteiger partial charge on any atom is -0.467 e. The molecule has 1 aromatic carbocycles. The van der Waals surface area contributed by atoms with Gasteiger partial charge < -0.3 is 9.73 Å². The van der Waals surface area contributed by atoms with Gasteiger partial charge in [-0.15, -0.1) is 0 Å². The molecule has 3 aromatic rings. The molecule has 0 spiro atoms. The molecule has 29 heavy (non-hydrogen) atoms. The molecule has 8 nitrogen and oxygen atoms in total. The highest BCUT2D eigenvalue weighted by atomic mass is 32.2. The maximum Gasteiger partial charge on any atom is 0.268 e. The highest BCUT2D eigenvalue weighted by molar-refractivity contribution is 7.93. The van der Waals surface area contributed by atoms with E-state index in [9.17, 15) is 13.2 Å². The first kappa shape index (κ1) is 19.3. The highest BCUT2D eigenvalue weighted by Gasteiger charge is 2.35. The molecule has 0 saturated carbocycles. The van der Waals surface area contributed by atoms with E-state index in [0.717, 1.165) is 5.56 Å². The number of anilines is 1. The summed E-state index contributed by atoms with van der Waals surface area (Å²) >= 11 is 0. The van der Waals surface area contributed by atoms with E-state index in [1.165, 1.54) is 15.3 Å². The lowest BCUT2D eigenvalue weighted by Gasteiger charge is -2.19. The number of rotatable bonds is 6. The number of amides is 1. The molecule has 4 rings (SSSR count). The topological polar surface area (TPSA) is 97.4 Å². The van der Waals surface area contributed by atoms with Gasteiger partial charge in [-0.1, -0.05) is 18.2 Å². The normalized spacial score (nSPS) is 13.5. The Morgan fingerprint density at radius 2 is 2.00 bits per heavy atom. The van der Waals surface area contributed by atoms with Crippen LogP contribution in [-0.2, 0) is 34.3 Å². The standard InChI is InChI=1S/C20H22N4O4S/c1-14-20(29(26,27)24-10-9-16-6-3-4-8-18(16)24)15(2)23(22-14)13-19(25)21-12-17-7-5-11-28-17/h3-8,11H,9-10,12-13H2,1-2H3,(H,21,25). The Morgan fingerprint density at radius 1 is 1.21 bits per heavy atom. The Labute approximate surface area is 169 Å². The number of carbonyl (C=O) groups is 1. The first-order chi connectivity index (χ1) is 13.9. The number of hydrogen-bond acceptors (Lipinski definition) is 5. The third-order valence-electron chi connectivity index (χ3n) is 5.04. The minimum absolute atomic E-state index is 0.0700. The Kier molecular flexibility index (Phi) is 4.91. The molecule has 0 bridgehead atoms. The maximum atomic E-state index is 13.4. The molecule has 1 aliphatic rings. The van der Waals surface area contributed by atoms with Gasteiger partial charge in [-0.3, -0.25) is 13.8 Å². The second-order valence-corrected chi connectivity index (χ2v) is 8.77. The van der Waals surface area contributed by atoms with Crippen LogP contribution in [0.1, 0.15) is 22.7 Å². The number of hydrogen-bond donors (Lipinski definition) is 1. The summed E-state index contributed by atoms with van der Waals surface area (Å²) in [5.41, 5.74) is 2.54. The van der Waals surface area contributed by atoms with Crippen molar-refractivity contribution in [3.8, 4) is 0 Å². The number of nitrogens with one attached hydrogen (secondary N) is 1. The van der Waals surface area contributed by atoms with Gasteiger partial charge in [0.25, 0.3) is 10.0 Å². The first-order valence-electron chi connectivity index (χ1n) is 9.31. The van der Waals surface area contributed by atoms with Crippen LogP contribution in [-0.4, -0.2) is 30.7 Å². The fourth-order valence-electron chi connectivity index (χ4n) is 3.67. The van der Waals surface area contributed by atoms with E-state index >= 15 is 0 Å². The smallest absolute Gasteiger partial charge is 0.268 e. The summed E-state index contributed by atoms with van der Waals surface area (Å²) in [6.45, 7) is 3.92. The Morgan fingerprint density at radius 3 is 2.76 bits per heavy atom. The number of nitrogens with zero attached hydrogens (tertiary/aromatic N) is 3. The molecule has 0 fully saturated rings. The number of aryl methyl sites for hydroxylation is 1. The van der Waals surface area contributed by atoms with Gasteiger partial charge in [-0.2, -0.15) is 5.10 Å². The lowest BCUT2D eigenvalue weighted by atomic mass is 10.2. The van der Waals surface area contributed by atoms with Gasteiger partial charge in [0.1, 0.15) is 17.2 Å². The zero-order valence-electron chi connectivity index (χ0n) is 16.3. The van der Waals surface area contributed by atoms with Crippen LogP contribution in [0.2, 0.25) is 0 Å². The average Bonchev–Trinajstić information content (AvgIpc) is 3.40. The number of sulfonamides is 1. The SMILES string of the molecule is Cc1nn(CC(=O)NCc2ccco2)c(C)c1S(=O)(=O)N1CCc2ccccc21. The van der Waals surface area contributed by atoms with Gasteiger partial charge in [-0.05, 0) is 44.0 Å². The average molecular weight is 414 g/mol. The Balaban J connectivity index is 1.56. The Hall–Kier alpha value is -3.07. The molecule has 0 unspecified atom stereocenters.